The number of halogens is 2. The molecule has 0 bridgehead atoms. The maximum Gasteiger partial charge on any atom is 0.242 e. The first-order valence-corrected chi connectivity index (χ1v) is 8.04. The SMILES string of the molecule is O=C(CNc1cc(F)cc(F)c1)N1CCCC1c1cccs1. The first-order chi connectivity index (χ1) is 10.6. The Morgan fingerprint density at radius 3 is 2.77 bits per heavy atom. The second-order valence-corrected chi connectivity index (χ2v) is 6.25. The molecule has 2 aromatic rings. The predicted octanol–water partition coefficient (Wildman–Crippen LogP) is 3.80. The second-order valence-electron chi connectivity index (χ2n) is 5.27. The minimum atomic E-state index is -0.660. The fourth-order valence-electron chi connectivity index (χ4n) is 2.78. The van der Waals surface area contributed by atoms with E-state index in [0.29, 0.717) is 0 Å². The molecule has 1 atom stereocenters. The van der Waals surface area contributed by atoms with Gasteiger partial charge in [0.15, 0.2) is 0 Å². The highest BCUT2D eigenvalue weighted by Gasteiger charge is 2.30. The maximum absolute atomic E-state index is 13.1. The van der Waals surface area contributed by atoms with Gasteiger partial charge in [0.2, 0.25) is 5.91 Å². The second kappa shape index (κ2) is 6.44. The topological polar surface area (TPSA) is 32.3 Å². The molecular weight excluding hydrogens is 306 g/mol. The molecule has 116 valence electrons. The minimum Gasteiger partial charge on any atom is -0.376 e. The maximum atomic E-state index is 13.1. The Morgan fingerprint density at radius 1 is 1.32 bits per heavy atom. The first-order valence-electron chi connectivity index (χ1n) is 7.16. The molecule has 1 aromatic heterocycles. The summed E-state index contributed by atoms with van der Waals surface area (Å²) in [7, 11) is 0. The van der Waals surface area contributed by atoms with Crippen molar-refractivity contribution in [3.63, 3.8) is 0 Å². The van der Waals surface area contributed by atoms with Crippen molar-refractivity contribution in [1.29, 1.82) is 0 Å². The summed E-state index contributed by atoms with van der Waals surface area (Å²) < 4.78 is 26.3. The van der Waals surface area contributed by atoms with Crippen molar-refractivity contribution < 1.29 is 13.6 Å². The minimum absolute atomic E-state index is 0.0325. The third-order valence-electron chi connectivity index (χ3n) is 3.75. The normalized spacial score (nSPS) is 17.7. The Labute approximate surface area is 131 Å². The quantitative estimate of drug-likeness (QED) is 0.928. The number of likely N-dealkylation sites (tertiary alicyclic amines) is 1. The molecule has 1 fully saturated rings. The Bertz CT molecular complexity index is 640. The number of carbonyl (C=O) groups excluding carboxylic acids is 1. The highest BCUT2D eigenvalue weighted by atomic mass is 32.1. The monoisotopic (exact) mass is 322 g/mol. The zero-order valence-electron chi connectivity index (χ0n) is 11.9. The highest BCUT2D eigenvalue weighted by molar-refractivity contribution is 7.10. The van der Waals surface area contributed by atoms with Crippen LogP contribution in [0, 0.1) is 11.6 Å². The molecule has 1 saturated heterocycles. The van der Waals surface area contributed by atoms with Crippen LogP contribution in [0.3, 0.4) is 0 Å². The molecule has 2 heterocycles. The van der Waals surface area contributed by atoms with Crippen LogP contribution in [0.1, 0.15) is 23.8 Å². The van der Waals surface area contributed by atoms with Crippen LogP contribution in [-0.4, -0.2) is 23.9 Å². The summed E-state index contributed by atoms with van der Waals surface area (Å²) in [6.07, 6.45) is 1.93. The summed E-state index contributed by atoms with van der Waals surface area (Å²) in [6, 6.07) is 7.30. The number of amides is 1. The number of thiophene rings is 1. The van der Waals surface area contributed by atoms with E-state index in [4.69, 9.17) is 0 Å². The molecule has 22 heavy (non-hydrogen) atoms. The van der Waals surface area contributed by atoms with Crippen LogP contribution < -0.4 is 5.32 Å². The van der Waals surface area contributed by atoms with Gasteiger partial charge in [-0.3, -0.25) is 4.79 Å². The molecule has 3 rings (SSSR count). The van der Waals surface area contributed by atoms with E-state index < -0.39 is 11.6 Å². The number of benzene rings is 1. The summed E-state index contributed by atoms with van der Waals surface area (Å²) >= 11 is 1.65. The van der Waals surface area contributed by atoms with Crippen molar-refractivity contribution in [1.82, 2.24) is 4.90 Å². The van der Waals surface area contributed by atoms with Gasteiger partial charge in [-0.15, -0.1) is 11.3 Å². The Hall–Kier alpha value is -1.95. The molecule has 1 unspecified atom stereocenters. The Kier molecular flexibility index (Phi) is 4.38. The van der Waals surface area contributed by atoms with Gasteiger partial charge in [-0.1, -0.05) is 6.07 Å². The molecular formula is C16H16F2N2OS. The van der Waals surface area contributed by atoms with Crippen molar-refractivity contribution in [2.24, 2.45) is 0 Å². The summed E-state index contributed by atoms with van der Waals surface area (Å²) in [5.41, 5.74) is 0.276. The van der Waals surface area contributed by atoms with Crippen LogP contribution in [0.15, 0.2) is 35.7 Å². The number of anilines is 1. The Morgan fingerprint density at radius 2 is 2.09 bits per heavy atom. The number of nitrogens with zero attached hydrogens (tertiary/aromatic N) is 1. The van der Waals surface area contributed by atoms with Gasteiger partial charge in [0, 0.05) is 23.2 Å². The highest BCUT2D eigenvalue weighted by Crippen LogP contribution is 2.34. The lowest BCUT2D eigenvalue weighted by Crippen LogP contribution is -2.34. The molecule has 1 amide bonds. The number of nitrogens with one attached hydrogen (secondary N) is 1. The van der Waals surface area contributed by atoms with E-state index in [0.717, 1.165) is 25.5 Å². The van der Waals surface area contributed by atoms with Crippen LogP contribution in [0.25, 0.3) is 0 Å². The number of hydrogen-bond acceptors (Lipinski definition) is 3. The van der Waals surface area contributed by atoms with Crippen LogP contribution >= 0.6 is 11.3 Å². The van der Waals surface area contributed by atoms with E-state index in [2.05, 4.69) is 5.32 Å². The van der Waals surface area contributed by atoms with Gasteiger partial charge >= 0.3 is 0 Å². The van der Waals surface area contributed by atoms with E-state index in [1.165, 1.54) is 17.0 Å². The van der Waals surface area contributed by atoms with Crippen LogP contribution in [0.5, 0.6) is 0 Å². The molecule has 1 aliphatic rings. The van der Waals surface area contributed by atoms with Crippen molar-refractivity contribution in [3.05, 3.63) is 52.2 Å². The van der Waals surface area contributed by atoms with Gasteiger partial charge in [0.05, 0.1) is 12.6 Å². The van der Waals surface area contributed by atoms with Crippen molar-refractivity contribution in [2.45, 2.75) is 18.9 Å². The van der Waals surface area contributed by atoms with Crippen molar-refractivity contribution >= 4 is 22.9 Å². The molecule has 0 saturated carbocycles. The van der Waals surface area contributed by atoms with Crippen molar-refractivity contribution in [3.8, 4) is 0 Å². The lowest BCUT2D eigenvalue weighted by atomic mass is 10.2. The van der Waals surface area contributed by atoms with Crippen LogP contribution in [-0.2, 0) is 4.79 Å². The predicted molar refractivity (Wildman–Crippen MR) is 82.9 cm³/mol. The summed E-state index contributed by atoms with van der Waals surface area (Å²) in [5.74, 6) is -1.37. The average molecular weight is 322 g/mol. The van der Waals surface area contributed by atoms with Gasteiger partial charge in [-0.2, -0.15) is 0 Å². The van der Waals surface area contributed by atoms with E-state index in [-0.39, 0.29) is 24.2 Å². The summed E-state index contributed by atoms with van der Waals surface area (Å²) in [6.45, 7) is 0.755. The van der Waals surface area contributed by atoms with E-state index in [9.17, 15) is 13.6 Å². The largest absolute Gasteiger partial charge is 0.376 e. The van der Waals surface area contributed by atoms with Gasteiger partial charge in [-0.25, -0.2) is 8.78 Å². The molecule has 0 radical (unpaired) electrons. The average Bonchev–Trinajstić information content (AvgIpc) is 3.13. The fourth-order valence-corrected chi connectivity index (χ4v) is 3.65. The van der Waals surface area contributed by atoms with Gasteiger partial charge in [0.25, 0.3) is 0 Å². The van der Waals surface area contributed by atoms with E-state index >= 15 is 0 Å². The number of carbonyl (C=O) groups is 1. The molecule has 1 N–H and O–H groups in total. The molecule has 1 aromatic carbocycles. The van der Waals surface area contributed by atoms with E-state index in [1.807, 2.05) is 22.4 Å². The fraction of sp³-hybridized carbons (Fsp3) is 0.312. The smallest absolute Gasteiger partial charge is 0.242 e. The molecule has 6 heteroatoms. The lowest BCUT2D eigenvalue weighted by Gasteiger charge is -2.24. The molecule has 0 aliphatic carbocycles. The van der Waals surface area contributed by atoms with Gasteiger partial charge in [0.1, 0.15) is 11.6 Å². The third kappa shape index (κ3) is 3.27. The zero-order chi connectivity index (χ0) is 15.5. The standard InChI is InChI=1S/C16H16F2N2OS/c17-11-7-12(18)9-13(8-11)19-10-16(21)20-5-1-3-14(20)15-4-2-6-22-15/h2,4,6-9,14,19H,1,3,5,10H2. The van der Waals surface area contributed by atoms with E-state index in [1.54, 1.807) is 11.3 Å². The number of hydrogen-bond donors (Lipinski definition) is 1. The molecule has 1 aliphatic heterocycles. The lowest BCUT2D eigenvalue weighted by molar-refractivity contribution is -0.130. The van der Waals surface area contributed by atoms with Crippen molar-refractivity contribution in [2.75, 3.05) is 18.4 Å². The molecule has 3 nitrogen and oxygen atoms in total. The van der Waals surface area contributed by atoms with Gasteiger partial charge < -0.3 is 10.2 Å². The summed E-state index contributed by atoms with van der Waals surface area (Å²) in [5, 5.41) is 4.81. The van der Waals surface area contributed by atoms with Crippen LogP contribution in [0.4, 0.5) is 14.5 Å². The zero-order valence-corrected chi connectivity index (χ0v) is 12.7. The van der Waals surface area contributed by atoms with Crippen LogP contribution in [0.2, 0.25) is 0 Å². The third-order valence-corrected chi connectivity index (χ3v) is 4.72. The molecule has 0 spiro atoms. The first kappa shape index (κ1) is 15.0. The summed E-state index contributed by atoms with van der Waals surface area (Å²) in [4.78, 5) is 15.4. The Balaban J connectivity index is 1.64. The van der Waals surface area contributed by atoms with Gasteiger partial charge in [-0.05, 0) is 36.4 Å². The number of rotatable bonds is 4.